The van der Waals surface area contributed by atoms with Crippen molar-refractivity contribution >= 4 is 19.0 Å². The lowest BCUT2D eigenvalue weighted by atomic mass is 10.2. The Bertz CT molecular complexity index is 324. The second-order valence-electron chi connectivity index (χ2n) is 3.11. The van der Waals surface area contributed by atoms with E-state index in [0.717, 1.165) is 25.0 Å². The summed E-state index contributed by atoms with van der Waals surface area (Å²) in [7, 11) is -1.36. The van der Waals surface area contributed by atoms with Crippen molar-refractivity contribution in [1.82, 2.24) is 0 Å². The highest BCUT2D eigenvalue weighted by molar-refractivity contribution is 7.76. The number of halogens is 1. The summed E-state index contributed by atoms with van der Waals surface area (Å²) in [5.41, 5.74) is 0. The fourth-order valence-corrected chi connectivity index (χ4v) is 2.11. The van der Waals surface area contributed by atoms with E-state index in [1.54, 1.807) is 0 Å². The molecule has 86 valence electrons. The summed E-state index contributed by atoms with van der Waals surface area (Å²) in [6.07, 6.45) is 7.79. The third kappa shape index (κ3) is 5.98. The Balaban J connectivity index is 2.12. The van der Waals surface area contributed by atoms with Gasteiger partial charge < -0.3 is 9.05 Å². The third-order valence-corrected chi connectivity index (χ3v) is 3.07. The summed E-state index contributed by atoms with van der Waals surface area (Å²) in [5, 5.41) is 0. The number of para-hydroxylation sites is 1. The molecule has 0 heterocycles. The van der Waals surface area contributed by atoms with Crippen molar-refractivity contribution in [2.24, 2.45) is 0 Å². The molecule has 0 N–H and O–H groups in total. The van der Waals surface area contributed by atoms with Crippen molar-refractivity contribution in [3.63, 3.8) is 0 Å². The number of rotatable bonds is 7. The van der Waals surface area contributed by atoms with Gasteiger partial charge >= 0.3 is 7.73 Å². The van der Waals surface area contributed by atoms with E-state index in [1.807, 2.05) is 30.3 Å². The minimum atomic E-state index is -1.36. The third-order valence-electron chi connectivity index (χ3n) is 1.83. The van der Waals surface area contributed by atoms with E-state index in [4.69, 9.17) is 26.7 Å². The van der Waals surface area contributed by atoms with Crippen LogP contribution in [0.5, 0.6) is 5.75 Å². The molecule has 1 unspecified atom stereocenters. The number of terminal acetylenes is 1. The summed E-state index contributed by atoms with van der Waals surface area (Å²) < 4.78 is 10.7. The van der Waals surface area contributed by atoms with Gasteiger partial charge in [-0.3, -0.25) is 0 Å². The number of benzene rings is 1. The fraction of sp³-hybridized carbons (Fsp3) is 0.333. The van der Waals surface area contributed by atoms with Crippen LogP contribution in [-0.4, -0.2) is 6.61 Å². The number of hydrogen-bond donors (Lipinski definition) is 0. The normalized spacial score (nSPS) is 11.8. The molecule has 0 bridgehead atoms. The summed E-state index contributed by atoms with van der Waals surface area (Å²) in [5.74, 6) is 3.31. The minimum Gasteiger partial charge on any atom is -0.436 e. The molecule has 0 saturated heterocycles. The van der Waals surface area contributed by atoms with Crippen molar-refractivity contribution in [3.05, 3.63) is 30.3 Å². The lowest BCUT2D eigenvalue weighted by Gasteiger charge is -2.10. The van der Waals surface area contributed by atoms with Gasteiger partial charge in [0.25, 0.3) is 0 Å². The van der Waals surface area contributed by atoms with E-state index in [0.29, 0.717) is 6.61 Å². The molecule has 1 atom stereocenters. The number of hydrogen-bond acceptors (Lipinski definition) is 2. The van der Waals surface area contributed by atoms with Crippen molar-refractivity contribution in [2.45, 2.75) is 19.3 Å². The van der Waals surface area contributed by atoms with Crippen LogP contribution in [-0.2, 0) is 4.52 Å². The second-order valence-corrected chi connectivity index (χ2v) is 4.81. The zero-order chi connectivity index (χ0) is 11.6. The Morgan fingerprint density at radius 3 is 2.69 bits per heavy atom. The Morgan fingerprint density at radius 1 is 1.25 bits per heavy atom. The summed E-state index contributed by atoms with van der Waals surface area (Å²) in [4.78, 5) is 0. The van der Waals surface area contributed by atoms with Crippen LogP contribution in [0.2, 0.25) is 0 Å². The molecular weight excluding hydrogens is 243 g/mol. The van der Waals surface area contributed by atoms with Gasteiger partial charge in [0.15, 0.2) is 0 Å². The van der Waals surface area contributed by atoms with Gasteiger partial charge in [-0.25, -0.2) is 0 Å². The molecule has 0 saturated carbocycles. The largest absolute Gasteiger partial charge is 0.436 e. The predicted octanol–water partition coefficient (Wildman–Crippen LogP) is 4.35. The van der Waals surface area contributed by atoms with Crippen molar-refractivity contribution in [1.29, 1.82) is 0 Å². The zero-order valence-corrected chi connectivity index (χ0v) is 10.6. The molecule has 0 aromatic heterocycles. The molecule has 1 aromatic carbocycles. The van der Waals surface area contributed by atoms with Crippen LogP contribution in [0.3, 0.4) is 0 Å². The molecule has 1 aromatic rings. The topological polar surface area (TPSA) is 18.5 Å². The van der Waals surface area contributed by atoms with Gasteiger partial charge in [0.05, 0.1) is 6.61 Å². The Hall–Kier alpha value is -0.740. The number of unbranched alkanes of at least 4 members (excludes halogenated alkanes) is 2. The monoisotopic (exact) mass is 256 g/mol. The quantitative estimate of drug-likeness (QED) is 0.410. The highest BCUT2D eigenvalue weighted by atomic mass is 35.7. The molecule has 4 heteroatoms. The average Bonchev–Trinajstić information content (AvgIpc) is 2.30. The van der Waals surface area contributed by atoms with Crippen molar-refractivity contribution in [2.75, 3.05) is 6.61 Å². The van der Waals surface area contributed by atoms with Crippen LogP contribution in [0, 0.1) is 12.3 Å². The maximum absolute atomic E-state index is 5.91. The molecule has 0 aliphatic carbocycles. The van der Waals surface area contributed by atoms with Gasteiger partial charge in [0.2, 0.25) is 0 Å². The Labute approximate surface area is 103 Å². The van der Waals surface area contributed by atoms with Crippen molar-refractivity contribution < 1.29 is 9.05 Å². The van der Waals surface area contributed by atoms with Gasteiger partial charge in [0.1, 0.15) is 5.75 Å². The smallest absolute Gasteiger partial charge is 0.338 e. The van der Waals surface area contributed by atoms with Crippen LogP contribution in [0.25, 0.3) is 0 Å². The molecule has 2 nitrogen and oxygen atoms in total. The lowest BCUT2D eigenvalue weighted by Crippen LogP contribution is -1.91. The first-order valence-electron chi connectivity index (χ1n) is 5.08. The zero-order valence-electron chi connectivity index (χ0n) is 8.93. The molecule has 0 aliphatic heterocycles. The van der Waals surface area contributed by atoms with Crippen LogP contribution < -0.4 is 4.52 Å². The van der Waals surface area contributed by atoms with Crippen LogP contribution in [0.4, 0.5) is 0 Å². The van der Waals surface area contributed by atoms with Crippen LogP contribution >= 0.6 is 19.0 Å². The maximum Gasteiger partial charge on any atom is 0.338 e. The summed E-state index contributed by atoms with van der Waals surface area (Å²) in [6.45, 7) is 0.587. The SMILES string of the molecule is C#CCCCCOP(Cl)Oc1ccccc1. The first-order valence-corrected chi connectivity index (χ1v) is 7.16. The van der Waals surface area contributed by atoms with E-state index in [2.05, 4.69) is 5.92 Å². The summed E-state index contributed by atoms with van der Waals surface area (Å²) >= 11 is 5.91. The van der Waals surface area contributed by atoms with Gasteiger partial charge in [-0.1, -0.05) is 18.2 Å². The van der Waals surface area contributed by atoms with Gasteiger partial charge in [-0.15, -0.1) is 12.3 Å². The first-order chi connectivity index (χ1) is 7.83. The van der Waals surface area contributed by atoms with E-state index in [1.165, 1.54) is 0 Å². The predicted molar refractivity (Wildman–Crippen MR) is 68.5 cm³/mol. The molecule has 0 spiro atoms. The van der Waals surface area contributed by atoms with Gasteiger partial charge in [-0.05, 0) is 36.2 Å². The maximum atomic E-state index is 5.91. The second kappa shape index (κ2) is 8.42. The van der Waals surface area contributed by atoms with Crippen LogP contribution in [0.15, 0.2) is 30.3 Å². The molecule has 0 amide bonds. The fourth-order valence-electron chi connectivity index (χ4n) is 1.06. The molecule has 16 heavy (non-hydrogen) atoms. The Morgan fingerprint density at radius 2 is 2.00 bits per heavy atom. The van der Waals surface area contributed by atoms with Gasteiger partial charge in [0, 0.05) is 6.42 Å². The van der Waals surface area contributed by atoms with Crippen molar-refractivity contribution in [3.8, 4) is 18.1 Å². The molecular formula is C12H14ClO2P. The highest BCUT2D eigenvalue weighted by Gasteiger charge is 2.07. The molecule has 0 radical (unpaired) electrons. The average molecular weight is 257 g/mol. The molecule has 0 aliphatic rings. The van der Waals surface area contributed by atoms with E-state index in [9.17, 15) is 0 Å². The summed E-state index contributed by atoms with van der Waals surface area (Å²) in [6, 6.07) is 9.40. The van der Waals surface area contributed by atoms with E-state index >= 15 is 0 Å². The minimum absolute atomic E-state index is 0.587. The lowest BCUT2D eigenvalue weighted by molar-refractivity contribution is 0.315. The van der Waals surface area contributed by atoms with E-state index < -0.39 is 7.73 Å². The highest BCUT2D eigenvalue weighted by Crippen LogP contribution is 2.44. The standard InChI is InChI=1S/C12H14ClO2P/c1-2-3-4-8-11-14-16(13)15-12-9-6-5-7-10-12/h1,5-7,9-10H,3-4,8,11H2. The first kappa shape index (κ1) is 13.3. The van der Waals surface area contributed by atoms with E-state index in [-0.39, 0.29) is 0 Å². The van der Waals surface area contributed by atoms with Crippen LogP contribution in [0.1, 0.15) is 19.3 Å². The van der Waals surface area contributed by atoms with Gasteiger partial charge in [-0.2, -0.15) is 0 Å². The Kier molecular flexibility index (Phi) is 7.01. The molecule has 0 fully saturated rings. The molecule has 1 rings (SSSR count).